The van der Waals surface area contributed by atoms with Gasteiger partial charge in [-0.15, -0.1) is 0 Å². The first kappa shape index (κ1) is 11.5. The Balaban J connectivity index is 2.44. The molecule has 0 unspecified atom stereocenters. The number of aliphatic imine (C=N–C) groups is 1. The van der Waals surface area contributed by atoms with Crippen LogP contribution >= 0.6 is 0 Å². The van der Waals surface area contributed by atoms with Crippen molar-refractivity contribution in [1.82, 2.24) is 15.3 Å². The number of rotatable bonds is 3. The van der Waals surface area contributed by atoms with Crippen LogP contribution in [0.1, 0.15) is 5.69 Å². The molecule has 0 radical (unpaired) electrons. The number of hydrogen-bond donors (Lipinski definition) is 2. The highest BCUT2D eigenvalue weighted by atomic mass is 15.4. The minimum Gasteiger partial charge on any atom is -0.345 e. The van der Waals surface area contributed by atoms with Crippen molar-refractivity contribution >= 4 is 5.96 Å². The molecule has 0 saturated heterocycles. The average Bonchev–Trinajstić information content (AvgIpc) is 2.29. The van der Waals surface area contributed by atoms with Crippen molar-refractivity contribution in [3.63, 3.8) is 0 Å². The van der Waals surface area contributed by atoms with Crippen LogP contribution in [0.3, 0.4) is 0 Å². The van der Waals surface area contributed by atoms with Gasteiger partial charge >= 0.3 is 0 Å². The highest BCUT2D eigenvalue weighted by Crippen LogP contribution is 1.96. The average molecular weight is 207 g/mol. The van der Waals surface area contributed by atoms with Gasteiger partial charge in [0.15, 0.2) is 0 Å². The molecule has 1 heterocycles. The van der Waals surface area contributed by atoms with Crippen molar-refractivity contribution in [2.24, 2.45) is 10.8 Å². The lowest BCUT2D eigenvalue weighted by Crippen LogP contribution is -2.43. The Morgan fingerprint density at radius 2 is 2.40 bits per heavy atom. The van der Waals surface area contributed by atoms with Crippen LogP contribution in [-0.4, -0.2) is 36.5 Å². The van der Waals surface area contributed by atoms with Gasteiger partial charge in [-0.25, -0.2) is 5.84 Å². The highest BCUT2D eigenvalue weighted by Gasteiger charge is 2.03. The van der Waals surface area contributed by atoms with Gasteiger partial charge in [-0.2, -0.15) is 0 Å². The molecule has 0 spiro atoms. The minimum absolute atomic E-state index is 0.672. The summed E-state index contributed by atoms with van der Waals surface area (Å²) in [5.74, 6) is 5.99. The number of nitrogens with one attached hydrogen (secondary N) is 1. The standard InChI is InChI=1S/C10H17N5/c1-12-10(14-11)15(2)8-6-9-5-3-4-7-13-9/h3-5,7H,6,8,11H2,1-2H3,(H,12,14). The molecule has 0 aliphatic heterocycles. The van der Waals surface area contributed by atoms with Gasteiger partial charge in [0.05, 0.1) is 0 Å². The van der Waals surface area contributed by atoms with Gasteiger partial charge < -0.3 is 4.90 Å². The fourth-order valence-electron chi connectivity index (χ4n) is 1.28. The Hall–Kier alpha value is -1.62. The monoisotopic (exact) mass is 207 g/mol. The summed E-state index contributed by atoms with van der Waals surface area (Å²) in [5.41, 5.74) is 3.61. The van der Waals surface area contributed by atoms with Crippen LogP contribution in [0.4, 0.5) is 0 Å². The topological polar surface area (TPSA) is 66.5 Å². The zero-order chi connectivity index (χ0) is 11.1. The predicted octanol–water partition coefficient (Wildman–Crippen LogP) is 0.00500. The van der Waals surface area contributed by atoms with E-state index in [0.29, 0.717) is 5.96 Å². The number of hydrazine groups is 1. The molecule has 0 bridgehead atoms. The summed E-state index contributed by atoms with van der Waals surface area (Å²) >= 11 is 0. The van der Waals surface area contributed by atoms with Gasteiger partial charge in [-0.05, 0) is 12.1 Å². The molecule has 5 heteroatoms. The Labute approximate surface area is 90.0 Å². The molecule has 15 heavy (non-hydrogen) atoms. The van der Waals surface area contributed by atoms with Crippen molar-refractivity contribution in [1.29, 1.82) is 0 Å². The summed E-state index contributed by atoms with van der Waals surface area (Å²) in [6, 6.07) is 5.90. The first-order valence-corrected chi connectivity index (χ1v) is 4.82. The number of aromatic nitrogens is 1. The fraction of sp³-hybridized carbons (Fsp3) is 0.400. The molecular weight excluding hydrogens is 190 g/mol. The van der Waals surface area contributed by atoms with E-state index in [9.17, 15) is 0 Å². The lowest BCUT2D eigenvalue weighted by Gasteiger charge is -2.19. The maximum atomic E-state index is 5.32. The van der Waals surface area contributed by atoms with Gasteiger partial charge in [0.2, 0.25) is 5.96 Å². The molecule has 3 N–H and O–H groups in total. The van der Waals surface area contributed by atoms with Crippen molar-refractivity contribution in [3.8, 4) is 0 Å². The number of guanidine groups is 1. The van der Waals surface area contributed by atoms with Crippen LogP contribution < -0.4 is 11.3 Å². The molecular formula is C10H17N5. The Morgan fingerprint density at radius 1 is 1.60 bits per heavy atom. The van der Waals surface area contributed by atoms with Crippen molar-refractivity contribution in [2.45, 2.75) is 6.42 Å². The highest BCUT2D eigenvalue weighted by molar-refractivity contribution is 5.78. The number of hydrogen-bond acceptors (Lipinski definition) is 3. The zero-order valence-electron chi connectivity index (χ0n) is 9.14. The summed E-state index contributed by atoms with van der Waals surface area (Å²) in [4.78, 5) is 10.2. The number of nitrogens with two attached hydrogens (primary N) is 1. The van der Waals surface area contributed by atoms with Crippen molar-refractivity contribution in [2.75, 3.05) is 20.6 Å². The first-order chi connectivity index (χ1) is 7.27. The summed E-state index contributed by atoms with van der Waals surface area (Å²) in [6.45, 7) is 0.827. The van der Waals surface area contributed by atoms with Crippen LogP contribution in [-0.2, 0) is 6.42 Å². The van der Waals surface area contributed by atoms with Crippen molar-refractivity contribution in [3.05, 3.63) is 30.1 Å². The van der Waals surface area contributed by atoms with E-state index in [0.717, 1.165) is 18.7 Å². The lowest BCUT2D eigenvalue weighted by molar-refractivity contribution is 0.484. The van der Waals surface area contributed by atoms with E-state index in [2.05, 4.69) is 15.4 Å². The third-order valence-corrected chi connectivity index (χ3v) is 2.13. The molecule has 0 amide bonds. The first-order valence-electron chi connectivity index (χ1n) is 4.82. The molecule has 5 nitrogen and oxygen atoms in total. The van der Waals surface area contributed by atoms with Gasteiger partial charge in [0.25, 0.3) is 0 Å². The molecule has 82 valence electrons. The molecule has 0 fully saturated rings. The molecule has 1 aromatic rings. The molecule has 0 aromatic carbocycles. The second-order valence-corrected chi connectivity index (χ2v) is 3.18. The molecule has 0 aliphatic rings. The van der Waals surface area contributed by atoms with Gasteiger partial charge in [0, 0.05) is 39.0 Å². The zero-order valence-corrected chi connectivity index (χ0v) is 9.14. The van der Waals surface area contributed by atoms with Gasteiger partial charge in [-0.1, -0.05) is 6.07 Å². The normalized spacial score (nSPS) is 11.3. The van der Waals surface area contributed by atoms with Crippen LogP contribution in [0.2, 0.25) is 0 Å². The summed E-state index contributed by atoms with van der Waals surface area (Å²) in [6.07, 6.45) is 2.67. The fourth-order valence-corrected chi connectivity index (χ4v) is 1.28. The second kappa shape index (κ2) is 5.98. The Bertz CT molecular complexity index is 309. The van der Waals surface area contributed by atoms with E-state index in [1.807, 2.05) is 30.1 Å². The van der Waals surface area contributed by atoms with E-state index < -0.39 is 0 Å². The van der Waals surface area contributed by atoms with E-state index in [4.69, 9.17) is 5.84 Å². The third kappa shape index (κ3) is 3.55. The Kier molecular flexibility index (Phi) is 4.56. The minimum atomic E-state index is 0.672. The smallest absolute Gasteiger partial charge is 0.207 e. The molecule has 1 aromatic heterocycles. The molecule has 0 saturated carbocycles. The maximum absolute atomic E-state index is 5.32. The number of nitrogens with zero attached hydrogens (tertiary/aromatic N) is 3. The maximum Gasteiger partial charge on any atom is 0.207 e. The quantitative estimate of drug-likeness (QED) is 0.317. The van der Waals surface area contributed by atoms with E-state index in [-0.39, 0.29) is 0 Å². The van der Waals surface area contributed by atoms with Gasteiger partial charge in [-0.3, -0.25) is 15.4 Å². The summed E-state index contributed by atoms with van der Waals surface area (Å²) < 4.78 is 0. The largest absolute Gasteiger partial charge is 0.345 e. The SMILES string of the molecule is CN=C(NN)N(C)CCc1ccccn1. The Morgan fingerprint density at radius 3 is 2.93 bits per heavy atom. The van der Waals surface area contributed by atoms with Crippen LogP contribution in [0.5, 0.6) is 0 Å². The van der Waals surface area contributed by atoms with Gasteiger partial charge in [0.1, 0.15) is 0 Å². The van der Waals surface area contributed by atoms with Crippen LogP contribution in [0, 0.1) is 0 Å². The lowest BCUT2D eigenvalue weighted by atomic mass is 10.2. The summed E-state index contributed by atoms with van der Waals surface area (Å²) in [7, 11) is 3.64. The molecule has 0 atom stereocenters. The number of pyridine rings is 1. The van der Waals surface area contributed by atoms with E-state index in [1.54, 1.807) is 13.2 Å². The molecule has 0 aliphatic carbocycles. The number of likely N-dealkylation sites (N-methyl/N-ethyl adjacent to an activating group) is 1. The third-order valence-electron chi connectivity index (χ3n) is 2.13. The van der Waals surface area contributed by atoms with Crippen molar-refractivity contribution < 1.29 is 0 Å². The van der Waals surface area contributed by atoms with Crippen LogP contribution in [0.25, 0.3) is 0 Å². The predicted molar refractivity (Wildman–Crippen MR) is 61.3 cm³/mol. The van der Waals surface area contributed by atoms with E-state index >= 15 is 0 Å². The summed E-state index contributed by atoms with van der Waals surface area (Å²) in [5, 5.41) is 0. The second-order valence-electron chi connectivity index (χ2n) is 3.18. The van der Waals surface area contributed by atoms with Crippen LogP contribution in [0.15, 0.2) is 29.4 Å². The molecule has 1 rings (SSSR count). The van der Waals surface area contributed by atoms with E-state index in [1.165, 1.54) is 0 Å².